The smallest absolute Gasteiger partial charge is 0.303 e. The predicted octanol–water partition coefficient (Wildman–Crippen LogP) is 3.64. The van der Waals surface area contributed by atoms with Gasteiger partial charge in [-0.2, -0.15) is 0 Å². The Bertz CT molecular complexity index is 764. The highest BCUT2D eigenvalue weighted by Crippen LogP contribution is 2.24. The quantitative estimate of drug-likeness (QED) is 0.832. The summed E-state index contributed by atoms with van der Waals surface area (Å²) in [5, 5.41) is 9.50. The van der Waals surface area contributed by atoms with E-state index in [1.165, 1.54) is 0 Å². The SMILES string of the molecule is O=C(O)CC1CCN(C(=O)CCc2ncc(-c3ccc(Cl)cc3)o2)CC1. The number of carboxylic acids is 1. The molecule has 2 heterocycles. The van der Waals surface area contributed by atoms with Crippen LogP contribution in [-0.4, -0.2) is 40.0 Å². The molecule has 138 valence electrons. The molecular formula is C19H21ClN2O4. The van der Waals surface area contributed by atoms with Crippen LogP contribution in [0.2, 0.25) is 5.02 Å². The molecule has 1 fully saturated rings. The molecule has 0 unspecified atom stereocenters. The number of oxazole rings is 1. The van der Waals surface area contributed by atoms with E-state index in [0.717, 1.165) is 18.4 Å². The molecule has 0 bridgehead atoms. The van der Waals surface area contributed by atoms with Gasteiger partial charge in [-0.1, -0.05) is 11.6 Å². The number of aryl methyl sites for hydroxylation is 1. The number of nitrogens with zero attached hydrogens (tertiary/aromatic N) is 2. The molecule has 0 spiro atoms. The summed E-state index contributed by atoms with van der Waals surface area (Å²) in [6, 6.07) is 7.30. The van der Waals surface area contributed by atoms with Gasteiger partial charge in [0.1, 0.15) is 0 Å². The predicted molar refractivity (Wildman–Crippen MR) is 96.8 cm³/mol. The first-order chi connectivity index (χ1) is 12.5. The summed E-state index contributed by atoms with van der Waals surface area (Å²) in [5.41, 5.74) is 0.889. The standard InChI is InChI=1S/C19H21ClN2O4/c20-15-3-1-14(2-4-15)16-12-21-17(26-16)5-6-18(23)22-9-7-13(8-10-22)11-19(24)25/h1-4,12-13H,5-11H2,(H,24,25). The van der Waals surface area contributed by atoms with Crippen molar-refractivity contribution < 1.29 is 19.1 Å². The molecule has 0 saturated carbocycles. The Balaban J connectivity index is 1.48. The molecule has 1 saturated heterocycles. The topological polar surface area (TPSA) is 83.6 Å². The molecule has 26 heavy (non-hydrogen) atoms. The Morgan fingerprint density at radius 3 is 2.58 bits per heavy atom. The Morgan fingerprint density at radius 2 is 1.92 bits per heavy atom. The van der Waals surface area contributed by atoms with Crippen molar-refractivity contribution >= 4 is 23.5 Å². The third-order valence-electron chi connectivity index (χ3n) is 4.67. The summed E-state index contributed by atoms with van der Waals surface area (Å²) in [4.78, 5) is 29.1. The van der Waals surface area contributed by atoms with Gasteiger partial charge in [-0.05, 0) is 43.0 Å². The van der Waals surface area contributed by atoms with E-state index in [1.54, 1.807) is 23.2 Å². The molecular weight excluding hydrogens is 356 g/mol. The number of halogens is 1. The molecule has 1 aromatic carbocycles. The maximum atomic E-state index is 12.3. The first kappa shape index (κ1) is 18.5. The van der Waals surface area contributed by atoms with Crippen LogP contribution in [0.25, 0.3) is 11.3 Å². The summed E-state index contributed by atoms with van der Waals surface area (Å²) >= 11 is 5.88. The molecule has 7 heteroatoms. The Labute approximate surface area is 156 Å². The van der Waals surface area contributed by atoms with Crippen LogP contribution in [0.4, 0.5) is 0 Å². The van der Waals surface area contributed by atoms with Gasteiger partial charge in [-0.15, -0.1) is 0 Å². The third kappa shape index (κ3) is 4.85. The fourth-order valence-electron chi connectivity index (χ4n) is 3.18. The lowest BCUT2D eigenvalue weighted by molar-refractivity contribution is -0.138. The minimum Gasteiger partial charge on any atom is -0.481 e. The monoisotopic (exact) mass is 376 g/mol. The third-order valence-corrected chi connectivity index (χ3v) is 4.92. The van der Waals surface area contributed by atoms with E-state index in [4.69, 9.17) is 21.1 Å². The number of benzene rings is 1. The van der Waals surface area contributed by atoms with Gasteiger partial charge in [0.2, 0.25) is 5.91 Å². The average molecular weight is 377 g/mol. The highest BCUT2D eigenvalue weighted by molar-refractivity contribution is 6.30. The van der Waals surface area contributed by atoms with Crippen LogP contribution in [0, 0.1) is 5.92 Å². The second-order valence-electron chi connectivity index (χ2n) is 6.55. The highest BCUT2D eigenvalue weighted by atomic mass is 35.5. The van der Waals surface area contributed by atoms with E-state index in [9.17, 15) is 9.59 Å². The van der Waals surface area contributed by atoms with Gasteiger partial charge in [0, 0.05) is 42.9 Å². The maximum Gasteiger partial charge on any atom is 0.303 e. The molecule has 1 aromatic heterocycles. The van der Waals surface area contributed by atoms with E-state index in [0.29, 0.717) is 42.6 Å². The van der Waals surface area contributed by atoms with Crippen molar-refractivity contribution in [1.29, 1.82) is 0 Å². The lowest BCUT2D eigenvalue weighted by Crippen LogP contribution is -2.39. The number of likely N-dealkylation sites (tertiary alicyclic amines) is 1. The van der Waals surface area contributed by atoms with Crippen molar-refractivity contribution in [2.75, 3.05) is 13.1 Å². The van der Waals surface area contributed by atoms with Crippen molar-refractivity contribution in [3.05, 3.63) is 41.4 Å². The van der Waals surface area contributed by atoms with Gasteiger partial charge < -0.3 is 14.4 Å². The number of rotatable bonds is 6. The minimum absolute atomic E-state index is 0.0602. The van der Waals surface area contributed by atoms with Crippen LogP contribution in [0.5, 0.6) is 0 Å². The number of hydrogen-bond donors (Lipinski definition) is 1. The van der Waals surface area contributed by atoms with Gasteiger partial charge in [-0.3, -0.25) is 9.59 Å². The normalized spacial score (nSPS) is 15.2. The van der Waals surface area contributed by atoms with E-state index >= 15 is 0 Å². The molecule has 6 nitrogen and oxygen atoms in total. The summed E-state index contributed by atoms with van der Waals surface area (Å²) in [6.45, 7) is 1.25. The second kappa shape index (κ2) is 8.36. The van der Waals surface area contributed by atoms with Crippen molar-refractivity contribution in [1.82, 2.24) is 9.88 Å². The zero-order valence-corrected chi connectivity index (χ0v) is 15.1. The fraction of sp³-hybridized carbons (Fsp3) is 0.421. The number of piperidine rings is 1. The van der Waals surface area contributed by atoms with Crippen LogP contribution in [0.3, 0.4) is 0 Å². The summed E-state index contributed by atoms with van der Waals surface area (Å²) in [7, 11) is 0. The molecule has 2 aromatic rings. The fourth-order valence-corrected chi connectivity index (χ4v) is 3.30. The lowest BCUT2D eigenvalue weighted by atomic mass is 9.93. The number of carboxylic acid groups (broad SMARTS) is 1. The first-order valence-corrected chi connectivity index (χ1v) is 9.09. The van der Waals surface area contributed by atoms with Gasteiger partial charge in [0.05, 0.1) is 6.20 Å². The van der Waals surface area contributed by atoms with Crippen molar-refractivity contribution in [3.63, 3.8) is 0 Å². The molecule has 1 amide bonds. The van der Waals surface area contributed by atoms with Crippen molar-refractivity contribution in [3.8, 4) is 11.3 Å². The number of aliphatic carboxylic acids is 1. The number of amides is 1. The van der Waals surface area contributed by atoms with Crippen molar-refractivity contribution in [2.24, 2.45) is 5.92 Å². The van der Waals surface area contributed by atoms with Gasteiger partial charge in [0.15, 0.2) is 11.7 Å². The molecule has 0 radical (unpaired) electrons. The maximum absolute atomic E-state index is 12.3. The van der Waals surface area contributed by atoms with Crippen LogP contribution in [0.15, 0.2) is 34.9 Å². The van der Waals surface area contributed by atoms with Gasteiger partial charge in [0.25, 0.3) is 0 Å². The van der Waals surface area contributed by atoms with E-state index in [1.807, 2.05) is 12.1 Å². The van der Waals surface area contributed by atoms with Crippen LogP contribution < -0.4 is 0 Å². The summed E-state index contributed by atoms with van der Waals surface area (Å²) in [5.74, 6) is 0.646. The van der Waals surface area contributed by atoms with E-state index in [-0.39, 0.29) is 18.2 Å². The first-order valence-electron chi connectivity index (χ1n) is 8.71. The molecule has 3 rings (SSSR count). The Kier molecular flexibility index (Phi) is 5.93. The van der Waals surface area contributed by atoms with Gasteiger partial charge in [-0.25, -0.2) is 4.98 Å². The Morgan fingerprint density at radius 1 is 1.23 bits per heavy atom. The molecule has 0 atom stereocenters. The summed E-state index contributed by atoms with van der Waals surface area (Å²) < 4.78 is 5.72. The van der Waals surface area contributed by atoms with Crippen LogP contribution in [-0.2, 0) is 16.0 Å². The number of carbonyl (C=O) groups is 2. The molecule has 1 N–H and O–H groups in total. The largest absolute Gasteiger partial charge is 0.481 e. The average Bonchev–Trinajstić information content (AvgIpc) is 3.09. The second-order valence-corrected chi connectivity index (χ2v) is 6.98. The molecule has 1 aliphatic heterocycles. The summed E-state index contributed by atoms with van der Waals surface area (Å²) in [6.07, 6.45) is 4.12. The zero-order chi connectivity index (χ0) is 18.5. The molecule has 0 aliphatic carbocycles. The number of aromatic nitrogens is 1. The van der Waals surface area contributed by atoms with Crippen LogP contribution >= 0.6 is 11.6 Å². The Hall–Kier alpha value is -2.34. The van der Waals surface area contributed by atoms with Gasteiger partial charge >= 0.3 is 5.97 Å². The minimum atomic E-state index is -0.768. The van der Waals surface area contributed by atoms with Crippen LogP contribution in [0.1, 0.15) is 31.6 Å². The zero-order valence-electron chi connectivity index (χ0n) is 14.4. The van der Waals surface area contributed by atoms with E-state index < -0.39 is 5.97 Å². The number of hydrogen-bond acceptors (Lipinski definition) is 4. The molecule has 1 aliphatic rings. The lowest BCUT2D eigenvalue weighted by Gasteiger charge is -2.31. The van der Waals surface area contributed by atoms with Crippen molar-refractivity contribution in [2.45, 2.75) is 32.1 Å². The number of carbonyl (C=O) groups excluding carboxylic acids is 1. The highest BCUT2D eigenvalue weighted by Gasteiger charge is 2.24. The van der Waals surface area contributed by atoms with E-state index in [2.05, 4.69) is 4.98 Å².